The van der Waals surface area contributed by atoms with Gasteiger partial charge in [-0.3, -0.25) is 19.4 Å². The van der Waals surface area contributed by atoms with Gasteiger partial charge in [-0.05, 0) is 171 Å². The van der Waals surface area contributed by atoms with Crippen molar-refractivity contribution < 1.29 is 31.9 Å². The quantitative estimate of drug-likeness (QED) is 0.142. The molecular formula is C55H62F4N8O3. The number of nitrogens with one attached hydrogen (secondary N) is 2. The van der Waals surface area contributed by atoms with E-state index in [0.29, 0.717) is 90.9 Å². The maximum Gasteiger partial charge on any atom is 0.419 e. The first-order valence-electron chi connectivity index (χ1n) is 26.1. The van der Waals surface area contributed by atoms with Crippen molar-refractivity contribution in [3.8, 4) is 5.75 Å². The molecule has 2 aromatic heterocycles. The molecule has 0 spiro atoms. The summed E-state index contributed by atoms with van der Waals surface area (Å²) < 4.78 is 60.8. The standard InChI is InChI=1S/C55H62F4N8O3/c56-43-3-1-32(18-42(43)55(57,58)59)26-67-9-6-41-45(28-67)61-30-63-50(41)65-52(69)48(54-22-36-14-37(23-54)16-38(15-36)24-54)47(53-19-33-11-34(20-53)13-35(12-33)21-53)51(68)64-49-40-5-8-66(27-44(40)60-29-62-49)25-31-2-4-46-39(17-31)7-10-70-46/h1-4,17-18,29-30,33-38,47-48H,5-16,19-28H2,(H,60,62,64,68)(H,61,63,65,69). The van der Waals surface area contributed by atoms with E-state index in [1.807, 2.05) is 4.90 Å². The fourth-order valence-corrected chi connectivity index (χ4v) is 17.1. The van der Waals surface area contributed by atoms with Gasteiger partial charge in [0.2, 0.25) is 11.8 Å². The Morgan fingerprint density at radius 3 is 1.57 bits per heavy atom. The first-order valence-corrected chi connectivity index (χ1v) is 26.1. The lowest BCUT2D eigenvalue weighted by Crippen LogP contribution is -2.61. The molecule has 15 heteroatoms. The zero-order valence-electron chi connectivity index (χ0n) is 39.7. The highest BCUT2D eigenvalue weighted by Crippen LogP contribution is 2.69. The summed E-state index contributed by atoms with van der Waals surface area (Å²) in [5.74, 6) is 2.73. The molecule has 0 saturated heterocycles. The minimum atomic E-state index is -4.80. The highest BCUT2D eigenvalue weighted by molar-refractivity contribution is 6.00. The second-order valence-electron chi connectivity index (χ2n) is 23.6. The zero-order valence-corrected chi connectivity index (χ0v) is 39.7. The van der Waals surface area contributed by atoms with E-state index in [0.717, 1.165) is 99.3 Å². The predicted octanol–water partition coefficient (Wildman–Crippen LogP) is 9.72. The van der Waals surface area contributed by atoms with Gasteiger partial charge >= 0.3 is 6.18 Å². The Kier molecular flexibility index (Phi) is 10.9. The van der Waals surface area contributed by atoms with E-state index < -0.39 is 29.4 Å². The fourth-order valence-electron chi connectivity index (χ4n) is 17.1. The largest absolute Gasteiger partial charge is 0.493 e. The van der Waals surface area contributed by atoms with Crippen LogP contribution in [0.4, 0.5) is 29.2 Å². The minimum Gasteiger partial charge on any atom is -0.493 e. The number of aromatic nitrogens is 4. The van der Waals surface area contributed by atoms with Crippen molar-refractivity contribution in [3.05, 3.63) is 99.6 Å². The highest BCUT2D eigenvalue weighted by Gasteiger charge is 2.65. The van der Waals surface area contributed by atoms with Gasteiger partial charge in [-0.1, -0.05) is 18.2 Å². The Hall–Kier alpha value is -5.02. The van der Waals surface area contributed by atoms with Gasteiger partial charge in [0, 0.05) is 56.8 Å². The Morgan fingerprint density at radius 2 is 1.10 bits per heavy atom. The molecule has 5 heterocycles. The summed E-state index contributed by atoms with van der Waals surface area (Å²) >= 11 is 0. The van der Waals surface area contributed by atoms with Gasteiger partial charge in [0.1, 0.15) is 35.9 Å². The molecule has 368 valence electrons. The maximum atomic E-state index is 16.0. The zero-order chi connectivity index (χ0) is 47.5. The summed E-state index contributed by atoms with van der Waals surface area (Å²) in [6.07, 6.45) is 13.4. The van der Waals surface area contributed by atoms with E-state index in [4.69, 9.17) is 19.7 Å². The summed E-state index contributed by atoms with van der Waals surface area (Å²) in [7, 11) is 0. The van der Waals surface area contributed by atoms with Crippen LogP contribution in [0.25, 0.3) is 0 Å². The van der Waals surface area contributed by atoms with Crippen LogP contribution in [0.2, 0.25) is 0 Å². The number of benzene rings is 2. The summed E-state index contributed by atoms with van der Waals surface area (Å²) in [6, 6.07) is 9.66. The first kappa shape index (κ1) is 44.9. The van der Waals surface area contributed by atoms with Crippen molar-refractivity contribution >= 4 is 23.5 Å². The molecule has 11 nitrogen and oxygen atoms in total. The van der Waals surface area contributed by atoms with Crippen LogP contribution in [0.15, 0.2) is 49.1 Å². The van der Waals surface area contributed by atoms with Gasteiger partial charge in [-0.25, -0.2) is 24.3 Å². The third-order valence-electron chi connectivity index (χ3n) is 18.9. The second-order valence-corrected chi connectivity index (χ2v) is 23.6. The number of anilines is 2. The van der Waals surface area contributed by atoms with Crippen LogP contribution in [-0.4, -0.2) is 61.2 Å². The van der Waals surface area contributed by atoms with Crippen LogP contribution in [0.3, 0.4) is 0 Å². The van der Waals surface area contributed by atoms with E-state index in [-0.39, 0.29) is 29.2 Å². The molecule has 2 N–H and O–H groups in total. The normalized spacial score (nSPS) is 31.4. The number of ether oxygens (including phenoxy) is 1. The molecule has 2 unspecified atom stereocenters. The molecule has 4 aromatic rings. The van der Waals surface area contributed by atoms with Gasteiger partial charge in [-0.2, -0.15) is 13.2 Å². The van der Waals surface area contributed by atoms with Gasteiger partial charge < -0.3 is 15.4 Å². The van der Waals surface area contributed by atoms with Crippen LogP contribution in [0.1, 0.15) is 122 Å². The van der Waals surface area contributed by atoms with Gasteiger partial charge in [0.25, 0.3) is 0 Å². The smallest absolute Gasteiger partial charge is 0.419 e. The number of alkyl halides is 3. The lowest BCUT2D eigenvalue weighted by atomic mass is 9.40. The topological polar surface area (TPSA) is 125 Å². The average molecular weight is 959 g/mol. The Bertz CT molecular complexity index is 2680. The van der Waals surface area contributed by atoms with Crippen LogP contribution in [-0.2, 0) is 61.2 Å². The third kappa shape index (κ3) is 8.09. The van der Waals surface area contributed by atoms with Gasteiger partial charge in [-0.15, -0.1) is 0 Å². The Morgan fingerprint density at radius 1 is 0.643 bits per heavy atom. The number of fused-ring (bicyclic) bond motifs is 3. The van der Waals surface area contributed by atoms with Crippen LogP contribution in [0.5, 0.6) is 5.75 Å². The molecule has 2 aromatic carbocycles. The molecule has 8 bridgehead atoms. The van der Waals surface area contributed by atoms with E-state index in [2.05, 4.69) is 38.7 Å². The lowest BCUT2D eigenvalue weighted by Gasteiger charge is -2.64. The summed E-state index contributed by atoms with van der Waals surface area (Å²) in [4.78, 5) is 55.4. The molecule has 3 aliphatic heterocycles. The van der Waals surface area contributed by atoms with E-state index in [1.165, 1.54) is 62.0 Å². The summed E-state index contributed by atoms with van der Waals surface area (Å²) in [5.41, 5.74) is 4.38. The van der Waals surface area contributed by atoms with Gasteiger partial charge in [0.05, 0.1) is 35.4 Å². The molecule has 8 saturated carbocycles. The van der Waals surface area contributed by atoms with Crippen molar-refractivity contribution in [2.24, 2.45) is 58.2 Å². The molecule has 15 rings (SSSR count). The van der Waals surface area contributed by atoms with Crippen LogP contribution in [0, 0.1) is 64.0 Å². The molecule has 11 aliphatic rings. The van der Waals surface area contributed by atoms with Crippen LogP contribution < -0.4 is 15.4 Å². The molecular weight excluding hydrogens is 897 g/mol. The van der Waals surface area contributed by atoms with Crippen molar-refractivity contribution in [3.63, 3.8) is 0 Å². The predicted molar refractivity (Wildman–Crippen MR) is 252 cm³/mol. The Balaban J connectivity index is 0.820. The van der Waals surface area contributed by atoms with Gasteiger partial charge in [0.15, 0.2) is 0 Å². The van der Waals surface area contributed by atoms with Crippen molar-refractivity contribution in [1.29, 1.82) is 0 Å². The van der Waals surface area contributed by atoms with Crippen molar-refractivity contribution in [1.82, 2.24) is 29.7 Å². The molecule has 0 radical (unpaired) electrons. The van der Waals surface area contributed by atoms with Crippen LogP contribution >= 0.6 is 0 Å². The minimum absolute atomic E-state index is 0.0728. The number of halogens is 4. The number of hydrogen-bond acceptors (Lipinski definition) is 9. The van der Waals surface area contributed by atoms with Crippen molar-refractivity contribution in [2.75, 3.05) is 30.3 Å². The summed E-state index contributed by atoms with van der Waals surface area (Å²) in [6.45, 7) is 3.99. The number of amides is 2. The SMILES string of the molecule is O=C(Nc1ncnc2c1CCN(Cc1ccc3c(c1)CCO3)C2)C(C(C(=O)Nc1ncnc2c1CCN(Cc1ccc(F)c(C(F)(F)F)c1)C2)C12CC3CC(CC(C3)C1)C2)C12CC3CC(CC(C3)C1)C2. The monoisotopic (exact) mass is 958 g/mol. The average Bonchev–Trinajstić information content (AvgIpc) is 3.78. The molecule has 8 aliphatic carbocycles. The number of hydrogen-bond donors (Lipinski definition) is 2. The summed E-state index contributed by atoms with van der Waals surface area (Å²) in [5, 5.41) is 6.91. The highest BCUT2D eigenvalue weighted by atomic mass is 19.4. The maximum absolute atomic E-state index is 16.0. The Labute approximate surface area is 406 Å². The molecule has 70 heavy (non-hydrogen) atoms. The number of carbonyl (C=O) groups excluding carboxylic acids is 2. The van der Waals surface area contributed by atoms with Crippen molar-refractivity contribution in [2.45, 2.75) is 129 Å². The van der Waals surface area contributed by atoms with E-state index in [9.17, 15) is 17.6 Å². The molecule has 2 atom stereocenters. The molecule has 8 fully saturated rings. The number of carbonyl (C=O) groups is 2. The first-order chi connectivity index (χ1) is 33.8. The second kappa shape index (κ2) is 17.1. The third-order valence-corrected chi connectivity index (χ3v) is 18.9. The van der Waals surface area contributed by atoms with E-state index >= 15 is 9.59 Å². The lowest BCUT2D eigenvalue weighted by molar-refractivity contribution is -0.172. The number of rotatable bonds is 11. The number of nitrogens with zero attached hydrogens (tertiary/aromatic N) is 6. The van der Waals surface area contributed by atoms with E-state index in [1.54, 1.807) is 6.33 Å². The fraction of sp³-hybridized carbons (Fsp3) is 0.600. The molecule has 2 amide bonds.